The van der Waals surface area contributed by atoms with Crippen LogP contribution in [-0.4, -0.2) is 20.7 Å². The number of fused-ring (bicyclic) bond motifs is 1. The highest BCUT2D eigenvalue weighted by Crippen LogP contribution is 2.28. The molecule has 0 saturated heterocycles. The van der Waals surface area contributed by atoms with Crippen molar-refractivity contribution < 1.29 is 4.79 Å². The Bertz CT molecular complexity index is 957. The number of benzene rings is 1. The number of nitrogens with one attached hydrogen (secondary N) is 2. The molecule has 0 bridgehead atoms. The standard InChI is InChI=1S/C17H12N6O/c18-9-11-2-1-3-12(8-11)15-21-16-14(17(24)22-15)10-20-23(16)13-4-6-19-7-5-13/h1-8,10,15,21H,(H,22,24)/t15-/m0/s1. The van der Waals surface area contributed by atoms with Gasteiger partial charge in [-0.3, -0.25) is 9.78 Å². The number of anilines is 1. The topological polar surface area (TPSA) is 95.6 Å². The summed E-state index contributed by atoms with van der Waals surface area (Å²) in [6, 6.07) is 12.8. The number of carbonyl (C=O) groups excluding carboxylic acids is 1. The molecule has 3 aromatic rings. The monoisotopic (exact) mass is 316 g/mol. The lowest BCUT2D eigenvalue weighted by Crippen LogP contribution is -2.38. The van der Waals surface area contributed by atoms with Gasteiger partial charge < -0.3 is 10.6 Å². The number of aromatic nitrogens is 3. The van der Waals surface area contributed by atoms with Crippen molar-refractivity contribution in [2.45, 2.75) is 6.17 Å². The van der Waals surface area contributed by atoms with E-state index in [0.29, 0.717) is 16.9 Å². The van der Waals surface area contributed by atoms with Gasteiger partial charge in [0.15, 0.2) is 0 Å². The van der Waals surface area contributed by atoms with Crippen molar-refractivity contribution in [1.82, 2.24) is 20.1 Å². The Morgan fingerprint density at radius 3 is 2.79 bits per heavy atom. The molecule has 3 heterocycles. The van der Waals surface area contributed by atoms with Gasteiger partial charge in [0, 0.05) is 12.4 Å². The first-order valence-electron chi connectivity index (χ1n) is 7.32. The lowest BCUT2D eigenvalue weighted by Gasteiger charge is -2.27. The molecule has 0 saturated carbocycles. The Morgan fingerprint density at radius 1 is 1.17 bits per heavy atom. The van der Waals surface area contributed by atoms with Crippen LogP contribution in [-0.2, 0) is 0 Å². The van der Waals surface area contributed by atoms with Crippen LogP contribution in [0.5, 0.6) is 0 Å². The average Bonchev–Trinajstić information content (AvgIpc) is 3.07. The molecule has 7 nitrogen and oxygen atoms in total. The third-order valence-electron chi connectivity index (χ3n) is 3.83. The number of hydrogen-bond acceptors (Lipinski definition) is 5. The van der Waals surface area contributed by atoms with Crippen molar-refractivity contribution in [3.8, 4) is 11.8 Å². The normalized spacial score (nSPS) is 15.8. The number of nitrogens with zero attached hydrogens (tertiary/aromatic N) is 4. The van der Waals surface area contributed by atoms with Gasteiger partial charge in [0.05, 0.1) is 23.5 Å². The summed E-state index contributed by atoms with van der Waals surface area (Å²) >= 11 is 0. The fraction of sp³-hybridized carbons (Fsp3) is 0.0588. The second-order valence-corrected chi connectivity index (χ2v) is 5.31. The summed E-state index contributed by atoms with van der Waals surface area (Å²) in [5, 5.41) is 19.5. The van der Waals surface area contributed by atoms with E-state index in [-0.39, 0.29) is 5.91 Å². The zero-order valence-electron chi connectivity index (χ0n) is 12.5. The molecule has 1 aliphatic rings. The summed E-state index contributed by atoms with van der Waals surface area (Å²) in [7, 11) is 0. The van der Waals surface area contributed by atoms with E-state index < -0.39 is 6.17 Å². The Balaban J connectivity index is 1.75. The highest BCUT2D eigenvalue weighted by molar-refractivity contribution is 6.01. The molecular formula is C17H12N6O. The molecule has 7 heteroatoms. The van der Waals surface area contributed by atoms with Crippen LogP contribution in [0.2, 0.25) is 0 Å². The Hall–Kier alpha value is -3.66. The molecule has 2 aromatic heterocycles. The Kier molecular flexibility index (Phi) is 3.21. The van der Waals surface area contributed by atoms with Crippen molar-refractivity contribution in [1.29, 1.82) is 5.26 Å². The zero-order chi connectivity index (χ0) is 16.5. The largest absolute Gasteiger partial charge is 0.345 e. The minimum absolute atomic E-state index is 0.212. The van der Waals surface area contributed by atoms with E-state index in [9.17, 15) is 4.79 Å². The molecule has 0 radical (unpaired) electrons. The summed E-state index contributed by atoms with van der Waals surface area (Å²) in [5.41, 5.74) is 2.62. The fourth-order valence-electron chi connectivity index (χ4n) is 2.67. The number of pyridine rings is 1. The third kappa shape index (κ3) is 2.27. The molecule has 4 rings (SSSR count). The van der Waals surface area contributed by atoms with Crippen LogP contribution in [0, 0.1) is 11.3 Å². The maximum atomic E-state index is 12.4. The average molecular weight is 316 g/mol. The first-order chi connectivity index (χ1) is 11.8. The van der Waals surface area contributed by atoms with Gasteiger partial charge in [0.25, 0.3) is 5.91 Å². The predicted octanol–water partition coefficient (Wildman–Crippen LogP) is 1.99. The van der Waals surface area contributed by atoms with Gasteiger partial charge in [-0.05, 0) is 29.8 Å². The van der Waals surface area contributed by atoms with E-state index in [1.807, 2.05) is 18.2 Å². The predicted molar refractivity (Wildman–Crippen MR) is 86.3 cm³/mol. The number of carbonyl (C=O) groups is 1. The van der Waals surface area contributed by atoms with Gasteiger partial charge >= 0.3 is 0 Å². The molecule has 0 unspecified atom stereocenters. The minimum Gasteiger partial charge on any atom is -0.345 e. The quantitative estimate of drug-likeness (QED) is 0.754. The van der Waals surface area contributed by atoms with Crippen LogP contribution in [0.1, 0.15) is 27.7 Å². The van der Waals surface area contributed by atoms with Crippen LogP contribution < -0.4 is 10.6 Å². The highest BCUT2D eigenvalue weighted by Gasteiger charge is 2.28. The minimum atomic E-state index is -0.435. The summed E-state index contributed by atoms with van der Waals surface area (Å²) < 4.78 is 1.66. The first kappa shape index (κ1) is 14.0. The molecule has 0 fully saturated rings. The Morgan fingerprint density at radius 2 is 2.00 bits per heavy atom. The maximum absolute atomic E-state index is 12.4. The fourth-order valence-corrected chi connectivity index (χ4v) is 2.67. The summed E-state index contributed by atoms with van der Waals surface area (Å²) in [6.45, 7) is 0. The van der Waals surface area contributed by atoms with E-state index in [4.69, 9.17) is 5.26 Å². The lowest BCUT2D eigenvalue weighted by molar-refractivity contribution is 0.0935. The second kappa shape index (κ2) is 5.52. The van der Waals surface area contributed by atoms with Gasteiger partial charge in [0.2, 0.25) is 0 Å². The number of amides is 1. The van der Waals surface area contributed by atoms with Crippen LogP contribution >= 0.6 is 0 Å². The molecule has 1 atom stereocenters. The van der Waals surface area contributed by atoms with Gasteiger partial charge in [-0.25, -0.2) is 4.68 Å². The van der Waals surface area contributed by atoms with Crippen molar-refractivity contribution in [2.24, 2.45) is 0 Å². The molecule has 0 spiro atoms. The van der Waals surface area contributed by atoms with E-state index in [1.165, 1.54) is 6.20 Å². The van der Waals surface area contributed by atoms with Crippen LogP contribution in [0.15, 0.2) is 55.0 Å². The SMILES string of the molecule is N#Cc1cccc([C@@H]2NC(=O)c3cnn(-c4ccncc4)c3N2)c1. The van der Waals surface area contributed by atoms with Gasteiger partial charge in [-0.1, -0.05) is 12.1 Å². The molecule has 2 N–H and O–H groups in total. The van der Waals surface area contributed by atoms with Gasteiger partial charge in [-0.2, -0.15) is 10.4 Å². The summed E-state index contributed by atoms with van der Waals surface area (Å²) in [6.07, 6.45) is 4.43. The van der Waals surface area contributed by atoms with E-state index in [2.05, 4.69) is 26.8 Å². The highest BCUT2D eigenvalue weighted by atomic mass is 16.2. The Labute approximate surface area is 137 Å². The first-order valence-corrected chi connectivity index (χ1v) is 7.32. The number of hydrogen-bond donors (Lipinski definition) is 2. The molecule has 1 amide bonds. The third-order valence-corrected chi connectivity index (χ3v) is 3.83. The number of rotatable bonds is 2. The van der Waals surface area contributed by atoms with Crippen molar-refractivity contribution in [3.63, 3.8) is 0 Å². The van der Waals surface area contributed by atoms with Crippen LogP contribution in [0.3, 0.4) is 0 Å². The smallest absolute Gasteiger partial charge is 0.258 e. The van der Waals surface area contributed by atoms with Gasteiger partial charge in [0.1, 0.15) is 17.5 Å². The maximum Gasteiger partial charge on any atom is 0.258 e. The second-order valence-electron chi connectivity index (χ2n) is 5.31. The van der Waals surface area contributed by atoms with Crippen molar-refractivity contribution in [2.75, 3.05) is 5.32 Å². The molecule has 0 aliphatic carbocycles. The van der Waals surface area contributed by atoms with E-state index >= 15 is 0 Å². The van der Waals surface area contributed by atoms with Crippen LogP contribution in [0.25, 0.3) is 5.69 Å². The molecule has 1 aliphatic heterocycles. The summed E-state index contributed by atoms with van der Waals surface area (Å²) in [5.74, 6) is 0.397. The number of nitriles is 1. The van der Waals surface area contributed by atoms with Crippen LogP contribution in [0.4, 0.5) is 5.82 Å². The summed E-state index contributed by atoms with van der Waals surface area (Å²) in [4.78, 5) is 16.4. The van der Waals surface area contributed by atoms with Crippen molar-refractivity contribution >= 4 is 11.7 Å². The van der Waals surface area contributed by atoms with Gasteiger partial charge in [-0.15, -0.1) is 0 Å². The van der Waals surface area contributed by atoms with Crippen molar-refractivity contribution in [3.05, 3.63) is 71.7 Å². The molecule has 24 heavy (non-hydrogen) atoms. The lowest BCUT2D eigenvalue weighted by atomic mass is 10.1. The molecule has 1 aromatic carbocycles. The zero-order valence-corrected chi connectivity index (χ0v) is 12.5. The molecule has 116 valence electrons. The van der Waals surface area contributed by atoms with E-state index in [0.717, 1.165) is 11.3 Å². The van der Waals surface area contributed by atoms with E-state index in [1.54, 1.807) is 35.3 Å². The molecular weight excluding hydrogens is 304 g/mol.